The van der Waals surface area contributed by atoms with Gasteiger partial charge in [0, 0.05) is 31.2 Å². The minimum atomic E-state index is 0.0653. The molecule has 4 nitrogen and oxygen atoms in total. The average molecular weight is 301 g/mol. The van der Waals surface area contributed by atoms with Crippen LogP contribution < -0.4 is 10.6 Å². The summed E-state index contributed by atoms with van der Waals surface area (Å²) < 4.78 is 0. The van der Waals surface area contributed by atoms with Crippen molar-refractivity contribution in [1.29, 1.82) is 0 Å². The maximum Gasteiger partial charge on any atom is 0.251 e. The van der Waals surface area contributed by atoms with E-state index in [0.29, 0.717) is 6.04 Å². The predicted octanol–water partition coefficient (Wildman–Crippen LogP) is 1.88. The SMILES string of the molecule is O=C(NC1CCN(CC2CCCNC2)CC1)c1ccccc1. The van der Waals surface area contributed by atoms with E-state index in [-0.39, 0.29) is 5.91 Å². The molecule has 0 spiro atoms. The van der Waals surface area contributed by atoms with Crippen molar-refractivity contribution in [2.75, 3.05) is 32.7 Å². The number of piperidine rings is 2. The summed E-state index contributed by atoms with van der Waals surface area (Å²) in [7, 11) is 0. The first-order valence-electron chi connectivity index (χ1n) is 8.60. The Morgan fingerprint density at radius 1 is 1.18 bits per heavy atom. The Kier molecular flexibility index (Phi) is 5.46. The van der Waals surface area contributed by atoms with Gasteiger partial charge in [-0.3, -0.25) is 4.79 Å². The lowest BCUT2D eigenvalue weighted by molar-refractivity contribution is 0.0903. The number of benzene rings is 1. The molecular weight excluding hydrogens is 274 g/mol. The van der Waals surface area contributed by atoms with Crippen molar-refractivity contribution in [1.82, 2.24) is 15.5 Å². The average Bonchev–Trinajstić information content (AvgIpc) is 2.58. The van der Waals surface area contributed by atoms with Gasteiger partial charge >= 0.3 is 0 Å². The molecule has 2 aliphatic heterocycles. The van der Waals surface area contributed by atoms with Crippen LogP contribution in [0.5, 0.6) is 0 Å². The molecule has 1 aromatic rings. The zero-order chi connectivity index (χ0) is 15.2. The van der Waals surface area contributed by atoms with E-state index in [9.17, 15) is 4.79 Å². The number of hydrogen-bond donors (Lipinski definition) is 2. The van der Waals surface area contributed by atoms with Gasteiger partial charge in [-0.05, 0) is 56.8 Å². The van der Waals surface area contributed by atoms with Crippen LogP contribution in [0.25, 0.3) is 0 Å². The summed E-state index contributed by atoms with van der Waals surface area (Å²) in [6.45, 7) is 5.79. The number of carbonyl (C=O) groups excluding carboxylic acids is 1. The highest BCUT2D eigenvalue weighted by Crippen LogP contribution is 2.16. The molecule has 1 amide bonds. The molecule has 0 aromatic heterocycles. The third-order valence-corrected chi connectivity index (χ3v) is 4.87. The van der Waals surface area contributed by atoms with Crippen molar-refractivity contribution in [2.24, 2.45) is 5.92 Å². The summed E-state index contributed by atoms with van der Waals surface area (Å²) in [5, 5.41) is 6.68. The van der Waals surface area contributed by atoms with Crippen molar-refractivity contribution in [3.8, 4) is 0 Å². The van der Waals surface area contributed by atoms with Crippen molar-refractivity contribution in [3.05, 3.63) is 35.9 Å². The molecular formula is C18H27N3O. The van der Waals surface area contributed by atoms with Crippen molar-refractivity contribution < 1.29 is 4.79 Å². The second kappa shape index (κ2) is 7.75. The van der Waals surface area contributed by atoms with Gasteiger partial charge in [-0.2, -0.15) is 0 Å². The Hall–Kier alpha value is -1.39. The van der Waals surface area contributed by atoms with Crippen LogP contribution in [0.1, 0.15) is 36.0 Å². The first-order chi connectivity index (χ1) is 10.8. The van der Waals surface area contributed by atoms with E-state index in [2.05, 4.69) is 15.5 Å². The lowest BCUT2D eigenvalue weighted by Gasteiger charge is -2.35. The summed E-state index contributed by atoms with van der Waals surface area (Å²) in [6.07, 6.45) is 4.81. The number of hydrogen-bond acceptors (Lipinski definition) is 3. The molecule has 22 heavy (non-hydrogen) atoms. The molecule has 1 unspecified atom stereocenters. The highest BCUT2D eigenvalue weighted by atomic mass is 16.1. The second-order valence-corrected chi connectivity index (χ2v) is 6.63. The van der Waals surface area contributed by atoms with E-state index in [0.717, 1.165) is 37.4 Å². The third-order valence-electron chi connectivity index (χ3n) is 4.87. The summed E-state index contributed by atoms with van der Waals surface area (Å²) in [4.78, 5) is 14.8. The molecule has 2 aliphatic rings. The molecule has 2 N–H and O–H groups in total. The normalized spacial score (nSPS) is 24.1. The topological polar surface area (TPSA) is 44.4 Å². The Morgan fingerprint density at radius 3 is 2.64 bits per heavy atom. The molecule has 120 valence electrons. The smallest absolute Gasteiger partial charge is 0.251 e. The molecule has 4 heteroatoms. The minimum Gasteiger partial charge on any atom is -0.349 e. The molecule has 0 bridgehead atoms. The van der Waals surface area contributed by atoms with Gasteiger partial charge in [0.15, 0.2) is 0 Å². The quantitative estimate of drug-likeness (QED) is 0.892. The number of rotatable bonds is 4. The van der Waals surface area contributed by atoms with Gasteiger partial charge in [0.1, 0.15) is 0 Å². The van der Waals surface area contributed by atoms with Gasteiger partial charge in [-0.25, -0.2) is 0 Å². The van der Waals surface area contributed by atoms with Crippen LogP contribution in [0.2, 0.25) is 0 Å². The van der Waals surface area contributed by atoms with Gasteiger partial charge in [-0.15, -0.1) is 0 Å². The van der Waals surface area contributed by atoms with E-state index in [1.165, 1.54) is 32.5 Å². The molecule has 1 atom stereocenters. The number of likely N-dealkylation sites (tertiary alicyclic amines) is 1. The first kappa shape index (κ1) is 15.5. The Bertz CT molecular complexity index is 462. The van der Waals surface area contributed by atoms with Crippen molar-refractivity contribution in [3.63, 3.8) is 0 Å². The van der Waals surface area contributed by atoms with Crippen molar-refractivity contribution in [2.45, 2.75) is 31.7 Å². The summed E-state index contributed by atoms with van der Waals surface area (Å²) >= 11 is 0. The predicted molar refractivity (Wildman–Crippen MR) is 89.0 cm³/mol. The van der Waals surface area contributed by atoms with E-state index >= 15 is 0 Å². The summed E-state index contributed by atoms with van der Waals surface area (Å²) in [5.41, 5.74) is 0.762. The molecule has 0 saturated carbocycles. The number of carbonyl (C=O) groups is 1. The zero-order valence-electron chi connectivity index (χ0n) is 13.3. The molecule has 2 fully saturated rings. The molecule has 2 heterocycles. The van der Waals surface area contributed by atoms with E-state index in [4.69, 9.17) is 0 Å². The summed E-state index contributed by atoms with van der Waals surface area (Å²) in [5.74, 6) is 0.875. The van der Waals surface area contributed by atoms with Gasteiger partial charge in [0.2, 0.25) is 0 Å². The summed E-state index contributed by atoms with van der Waals surface area (Å²) in [6, 6.07) is 9.84. The van der Waals surface area contributed by atoms with Crippen LogP contribution in [-0.4, -0.2) is 49.6 Å². The highest BCUT2D eigenvalue weighted by Gasteiger charge is 2.23. The van der Waals surface area contributed by atoms with Crippen LogP contribution >= 0.6 is 0 Å². The lowest BCUT2D eigenvalue weighted by Crippen LogP contribution is -2.47. The van der Waals surface area contributed by atoms with Crippen LogP contribution in [0.4, 0.5) is 0 Å². The number of nitrogens with one attached hydrogen (secondary N) is 2. The van der Waals surface area contributed by atoms with Crippen LogP contribution in [0.15, 0.2) is 30.3 Å². The van der Waals surface area contributed by atoms with E-state index in [1.807, 2.05) is 30.3 Å². The maximum absolute atomic E-state index is 12.2. The Labute approximate surface area is 133 Å². The molecule has 0 aliphatic carbocycles. The molecule has 0 radical (unpaired) electrons. The zero-order valence-corrected chi connectivity index (χ0v) is 13.3. The fourth-order valence-corrected chi connectivity index (χ4v) is 3.56. The fraction of sp³-hybridized carbons (Fsp3) is 0.611. The standard InChI is InChI=1S/C18H27N3O/c22-18(16-6-2-1-3-7-16)20-17-8-11-21(12-9-17)14-15-5-4-10-19-13-15/h1-3,6-7,15,17,19H,4-5,8-14H2,(H,20,22). The minimum absolute atomic E-state index is 0.0653. The fourth-order valence-electron chi connectivity index (χ4n) is 3.56. The van der Waals surface area contributed by atoms with Gasteiger partial charge in [-0.1, -0.05) is 18.2 Å². The lowest BCUT2D eigenvalue weighted by atomic mass is 9.97. The molecule has 1 aromatic carbocycles. The third kappa shape index (κ3) is 4.31. The largest absolute Gasteiger partial charge is 0.349 e. The monoisotopic (exact) mass is 301 g/mol. The number of nitrogens with zero attached hydrogens (tertiary/aromatic N) is 1. The second-order valence-electron chi connectivity index (χ2n) is 6.63. The van der Waals surface area contributed by atoms with Gasteiger partial charge < -0.3 is 15.5 Å². The maximum atomic E-state index is 12.2. The van der Waals surface area contributed by atoms with Gasteiger partial charge in [0.05, 0.1) is 0 Å². The Morgan fingerprint density at radius 2 is 1.95 bits per heavy atom. The van der Waals surface area contributed by atoms with Crippen LogP contribution in [0, 0.1) is 5.92 Å². The number of amides is 1. The van der Waals surface area contributed by atoms with Crippen LogP contribution in [-0.2, 0) is 0 Å². The first-order valence-corrected chi connectivity index (χ1v) is 8.60. The van der Waals surface area contributed by atoms with Crippen molar-refractivity contribution >= 4 is 5.91 Å². The Balaban J connectivity index is 1.41. The highest BCUT2D eigenvalue weighted by molar-refractivity contribution is 5.94. The molecule has 3 rings (SSSR count). The van der Waals surface area contributed by atoms with Crippen LogP contribution in [0.3, 0.4) is 0 Å². The molecule has 2 saturated heterocycles. The van der Waals surface area contributed by atoms with E-state index in [1.54, 1.807) is 0 Å². The van der Waals surface area contributed by atoms with E-state index < -0.39 is 0 Å². The van der Waals surface area contributed by atoms with Gasteiger partial charge in [0.25, 0.3) is 5.91 Å².